The summed E-state index contributed by atoms with van der Waals surface area (Å²) in [5.74, 6) is 1.25. The maximum absolute atomic E-state index is 13.0. The number of nitrogens with zero attached hydrogens (tertiary/aromatic N) is 3. The third-order valence-electron chi connectivity index (χ3n) is 5.98. The Labute approximate surface area is 214 Å². The maximum atomic E-state index is 13.0. The molecule has 2 heterocycles. The molecule has 0 bridgehead atoms. The average Bonchev–Trinajstić information content (AvgIpc) is 3.34. The van der Waals surface area contributed by atoms with E-state index in [0.717, 1.165) is 41.3 Å². The molecule has 0 saturated carbocycles. The lowest BCUT2D eigenvalue weighted by Crippen LogP contribution is -2.35. The number of carbonyl (C=O) groups is 1. The van der Waals surface area contributed by atoms with Crippen LogP contribution >= 0.6 is 11.5 Å². The zero-order valence-corrected chi connectivity index (χ0v) is 21.0. The molecule has 1 aliphatic rings. The van der Waals surface area contributed by atoms with Crippen LogP contribution in [0.2, 0.25) is 0 Å². The second-order valence-electron chi connectivity index (χ2n) is 8.77. The summed E-state index contributed by atoms with van der Waals surface area (Å²) in [5.41, 5.74) is 4.56. The normalized spacial score (nSPS) is 13.9. The number of anilines is 1. The molecule has 3 aromatic carbocycles. The van der Waals surface area contributed by atoms with Gasteiger partial charge in [0.1, 0.15) is 5.75 Å². The van der Waals surface area contributed by atoms with Crippen LogP contribution in [0.15, 0.2) is 72.8 Å². The minimum Gasteiger partial charge on any atom is -0.430 e. The first-order chi connectivity index (χ1) is 17.6. The molecule has 1 saturated heterocycles. The number of rotatable bonds is 8. The Morgan fingerprint density at radius 1 is 1.06 bits per heavy atom. The molecule has 0 radical (unpaired) electrons. The first-order valence-corrected chi connectivity index (χ1v) is 12.8. The lowest BCUT2D eigenvalue weighted by atomic mass is 10.1. The highest BCUT2D eigenvalue weighted by molar-refractivity contribution is 7.07. The molecule has 0 unspecified atom stereocenters. The fourth-order valence-corrected chi connectivity index (χ4v) is 4.57. The quantitative estimate of drug-likeness (QED) is 0.353. The van der Waals surface area contributed by atoms with Crippen molar-refractivity contribution in [2.75, 3.05) is 31.6 Å². The monoisotopic (exact) mass is 500 g/mol. The highest BCUT2D eigenvalue weighted by atomic mass is 32.1. The standard InChI is InChI=1S/C28H28N4O3S/c1-20-7-10-24(11-8-20)29-27(33)22-9-12-25(23(18-22)19-32-13-15-34-16-14-32)35-28-30-26(31-36-28)17-21-5-3-2-4-6-21/h2-12,18H,13-17,19H2,1H3,(H,29,33). The Balaban J connectivity index is 1.35. The van der Waals surface area contributed by atoms with Gasteiger partial charge in [-0.2, -0.15) is 9.36 Å². The number of nitrogens with one attached hydrogen (secondary N) is 1. The lowest BCUT2D eigenvalue weighted by Gasteiger charge is -2.27. The summed E-state index contributed by atoms with van der Waals surface area (Å²) in [6.45, 7) is 5.73. The van der Waals surface area contributed by atoms with Gasteiger partial charge in [-0.25, -0.2) is 0 Å². The van der Waals surface area contributed by atoms with Crippen LogP contribution in [0.4, 0.5) is 5.69 Å². The molecule has 0 aliphatic carbocycles. The van der Waals surface area contributed by atoms with Gasteiger partial charge < -0.3 is 14.8 Å². The van der Waals surface area contributed by atoms with Crippen molar-refractivity contribution in [1.29, 1.82) is 0 Å². The summed E-state index contributed by atoms with van der Waals surface area (Å²) < 4.78 is 16.2. The number of benzene rings is 3. The van der Waals surface area contributed by atoms with E-state index in [0.29, 0.717) is 42.7 Å². The van der Waals surface area contributed by atoms with Crippen molar-refractivity contribution in [1.82, 2.24) is 14.3 Å². The van der Waals surface area contributed by atoms with Crippen molar-refractivity contribution in [2.45, 2.75) is 19.9 Å². The SMILES string of the molecule is Cc1ccc(NC(=O)c2ccc(Oc3nc(Cc4ccccc4)ns3)c(CN3CCOCC3)c2)cc1. The predicted molar refractivity (Wildman–Crippen MR) is 141 cm³/mol. The van der Waals surface area contributed by atoms with Gasteiger partial charge in [-0.15, -0.1) is 0 Å². The van der Waals surface area contributed by atoms with Crippen LogP contribution in [0.3, 0.4) is 0 Å². The molecule has 1 aliphatic heterocycles. The molecule has 0 atom stereocenters. The number of aromatic nitrogens is 2. The van der Waals surface area contributed by atoms with Crippen LogP contribution in [-0.4, -0.2) is 46.5 Å². The molecule has 8 heteroatoms. The van der Waals surface area contributed by atoms with E-state index < -0.39 is 0 Å². The first-order valence-electron chi connectivity index (χ1n) is 12.0. The minimum absolute atomic E-state index is 0.158. The highest BCUT2D eigenvalue weighted by Crippen LogP contribution is 2.29. The van der Waals surface area contributed by atoms with Crippen LogP contribution < -0.4 is 10.1 Å². The Morgan fingerprint density at radius 2 is 1.83 bits per heavy atom. The van der Waals surface area contributed by atoms with E-state index in [1.165, 1.54) is 11.5 Å². The first kappa shape index (κ1) is 24.1. The number of aryl methyl sites for hydroxylation is 1. The summed E-state index contributed by atoms with van der Waals surface area (Å²) >= 11 is 1.24. The van der Waals surface area contributed by atoms with Crippen molar-refractivity contribution in [3.63, 3.8) is 0 Å². The van der Waals surface area contributed by atoms with Gasteiger partial charge in [0.15, 0.2) is 5.82 Å². The van der Waals surface area contributed by atoms with Gasteiger partial charge in [-0.1, -0.05) is 48.0 Å². The average molecular weight is 501 g/mol. The van der Waals surface area contributed by atoms with Crippen molar-refractivity contribution in [3.05, 3.63) is 101 Å². The molecule has 7 nitrogen and oxygen atoms in total. The number of hydrogen-bond donors (Lipinski definition) is 1. The van der Waals surface area contributed by atoms with Gasteiger partial charge in [0.2, 0.25) is 0 Å². The van der Waals surface area contributed by atoms with Gasteiger partial charge in [0.25, 0.3) is 11.1 Å². The minimum atomic E-state index is -0.158. The van der Waals surface area contributed by atoms with E-state index in [-0.39, 0.29) is 5.91 Å². The molecular weight excluding hydrogens is 472 g/mol. The number of hydrogen-bond acceptors (Lipinski definition) is 7. The van der Waals surface area contributed by atoms with E-state index in [2.05, 4.69) is 31.7 Å². The molecule has 5 rings (SSSR count). The van der Waals surface area contributed by atoms with Crippen molar-refractivity contribution in [2.24, 2.45) is 0 Å². The van der Waals surface area contributed by atoms with Gasteiger partial charge in [0, 0.05) is 54.4 Å². The van der Waals surface area contributed by atoms with Gasteiger partial charge in [0.05, 0.1) is 13.2 Å². The van der Waals surface area contributed by atoms with Crippen LogP contribution in [0.1, 0.15) is 32.9 Å². The molecule has 1 aromatic heterocycles. The molecule has 1 fully saturated rings. The Morgan fingerprint density at radius 3 is 2.61 bits per heavy atom. The largest absolute Gasteiger partial charge is 0.430 e. The predicted octanol–water partition coefficient (Wildman–Crippen LogP) is 5.31. The molecule has 0 spiro atoms. The highest BCUT2D eigenvalue weighted by Gasteiger charge is 2.18. The third kappa shape index (κ3) is 6.34. The Kier molecular flexibility index (Phi) is 7.66. The van der Waals surface area contributed by atoms with Gasteiger partial charge in [-0.05, 0) is 42.8 Å². The van der Waals surface area contributed by atoms with Crippen molar-refractivity contribution in [3.8, 4) is 10.9 Å². The molecule has 184 valence electrons. The number of amides is 1. The zero-order valence-electron chi connectivity index (χ0n) is 20.1. The van der Waals surface area contributed by atoms with Gasteiger partial charge in [-0.3, -0.25) is 9.69 Å². The topological polar surface area (TPSA) is 76.6 Å². The summed E-state index contributed by atoms with van der Waals surface area (Å²) in [6.07, 6.45) is 0.652. The van der Waals surface area contributed by atoms with E-state index in [1.807, 2.05) is 61.5 Å². The third-order valence-corrected chi connectivity index (χ3v) is 6.61. The summed E-state index contributed by atoms with van der Waals surface area (Å²) in [5, 5.41) is 3.47. The zero-order chi connectivity index (χ0) is 24.7. The Hall–Kier alpha value is -3.59. The van der Waals surface area contributed by atoms with E-state index in [9.17, 15) is 4.79 Å². The number of carbonyl (C=O) groups excluding carboxylic acids is 1. The lowest BCUT2D eigenvalue weighted by molar-refractivity contribution is 0.0339. The van der Waals surface area contributed by atoms with E-state index in [1.54, 1.807) is 6.07 Å². The molecule has 1 amide bonds. The second-order valence-corrected chi connectivity index (χ2v) is 9.49. The van der Waals surface area contributed by atoms with E-state index >= 15 is 0 Å². The molecule has 36 heavy (non-hydrogen) atoms. The van der Waals surface area contributed by atoms with Gasteiger partial charge >= 0.3 is 0 Å². The number of morpholine rings is 1. The fourth-order valence-electron chi connectivity index (χ4n) is 4.01. The Bertz CT molecular complexity index is 1300. The summed E-state index contributed by atoms with van der Waals surface area (Å²) in [7, 11) is 0. The van der Waals surface area contributed by atoms with Crippen LogP contribution in [0.5, 0.6) is 10.9 Å². The second kappa shape index (κ2) is 11.4. The molecule has 4 aromatic rings. The van der Waals surface area contributed by atoms with Crippen molar-refractivity contribution < 1.29 is 14.3 Å². The summed E-state index contributed by atoms with van der Waals surface area (Å²) in [6, 6.07) is 23.4. The smallest absolute Gasteiger partial charge is 0.298 e. The van der Waals surface area contributed by atoms with Crippen molar-refractivity contribution >= 4 is 23.1 Å². The van der Waals surface area contributed by atoms with E-state index in [4.69, 9.17) is 9.47 Å². The molecule has 1 N–H and O–H groups in total. The maximum Gasteiger partial charge on any atom is 0.298 e. The fraction of sp³-hybridized carbons (Fsp3) is 0.250. The summed E-state index contributed by atoms with van der Waals surface area (Å²) in [4.78, 5) is 19.9. The van der Waals surface area contributed by atoms with Crippen LogP contribution in [0, 0.1) is 6.92 Å². The molecular formula is C28H28N4O3S. The van der Waals surface area contributed by atoms with Crippen LogP contribution in [-0.2, 0) is 17.7 Å². The van der Waals surface area contributed by atoms with Crippen LogP contribution in [0.25, 0.3) is 0 Å². The number of ether oxygens (including phenoxy) is 2.